The fraction of sp³-hybridized carbons (Fsp3) is 0.647. The van der Waals surface area contributed by atoms with E-state index in [9.17, 15) is 9.90 Å². The highest BCUT2D eigenvalue weighted by molar-refractivity contribution is 8.76. The number of aliphatic hydroxyl groups is 1. The Bertz CT molecular complexity index is 883. The van der Waals surface area contributed by atoms with E-state index < -0.39 is 0 Å². The number of aliphatic hydroxyl groups excluding tert-OH is 1. The number of ether oxygens (including phenoxy) is 1. The van der Waals surface area contributed by atoms with Gasteiger partial charge in [-0.1, -0.05) is 28.5 Å². The van der Waals surface area contributed by atoms with E-state index in [0.29, 0.717) is 22.7 Å². The summed E-state index contributed by atoms with van der Waals surface area (Å²) in [7, 11) is 7.24. The van der Waals surface area contributed by atoms with Crippen LogP contribution in [0.15, 0.2) is 16.0 Å². The van der Waals surface area contributed by atoms with Crippen LogP contribution in [0.3, 0.4) is 0 Å². The Balaban J connectivity index is 1.87. The lowest BCUT2D eigenvalue weighted by Gasteiger charge is -2.18. The number of aromatic amines is 1. The van der Waals surface area contributed by atoms with Crippen LogP contribution in [0.5, 0.6) is 0 Å². The number of hydrogen-bond acceptors (Lipinski definition) is 8. The predicted molar refractivity (Wildman–Crippen MR) is 114 cm³/mol. The molecule has 0 aliphatic carbocycles. The lowest BCUT2D eigenvalue weighted by Crippen LogP contribution is -2.22. The Morgan fingerprint density at radius 1 is 1.57 bits per heavy atom. The highest BCUT2D eigenvalue weighted by Crippen LogP contribution is 2.39. The molecule has 154 valence electrons. The van der Waals surface area contributed by atoms with E-state index >= 15 is 0 Å². The maximum atomic E-state index is 12.4. The Labute approximate surface area is 171 Å². The van der Waals surface area contributed by atoms with E-state index in [0.717, 1.165) is 6.42 Å². The van der Waals surface area contributed by atoms with E-state index in [1.54, 1.807) is 26.7 Å². The van der Waals surface area contributed by atoms with Crippen LogP contribution in [0.2, 0.25) is 0 Å². The van der Waals surface area contributed by atoms with E-state index in [1.165, 1.54) is 6.20 Å². The maximum absolute atomic E-state index is 12.4. The third kappa shape index (κ3) is 4.70. The van der Waals surface area contributed by atoms with Gasteiger partial charge in [0.1, 0.15) is 5.39 Å². The summed E-state index contributed by atoms with van der Waals surface area (Å²) in [5.41, 5.74) is 0.143. The van der Waals surface area contributed by atoms with Crippen LogP contribution in [-0.4, -0.2) is 74.4 Å². The first-order valence-corrected chi connectivity index (χ1v) is 11.7. The summed E-state index contributed by atoms with van der Waals surface area (Å²) in [6.45, 7) is 2.14. The molecule has 0 aromatic carbocycles. The van der Waals surface area contributed by atoms with Gasteiger partial charge in [-0.25, -0.2) is 9.67 Å². The monoisotopic (exact) mass is 426 g/mol. The van der Waals surface area contributed by atoms with Gasteiger partial charge in [-0.05, 0) is 25.0 Å². The highest BCUT2D eigenvalue weighted by Gasteiger charge is 2.37. The molecule has 0 radical (unpaired) electrons. The molecule has 2 aromatic rings. The molecule has 1 unspecified atom stereocenters. The summed E-state index contributed by atoms with van der Waals surface area (Å²) in [6, 6.07) is 0. The van der Waals surface area contributed by atoms with Crippen LogP contribution < -0.4 is 5.56 Å². The lowest BCUT2D eigenvalue weighted by atomic mass is 9.96. The number of H-pyrrole nitrogens is 1. The van der Waals surface area contributed by atoms with Crippen molar-refractivity contribution < 1.29 is 9.84 Å². The van der Waals surface area contributed by atoms with Crippen LogP contribution in [-0.2, 0) is 4.74 Å². The molecular formula is C17H26N6O3S2. The van der Waals surface area contributed by atoms with Crippen molar-refractivity contribution in [1.82, 2.24) is 24.6 Å². The van der Waals surface area contributed by atoms with Crippen molar-refractivity contribution >= 4 is 44.9 Å². The molecule has 1 aliphatic heterocycles. The molecule has 1 fully saturated rings. The van der Waals surface area contributed by atoms with Crippen molar-refractivity contribution in [2.75, 3.05) is 27.0 Å². The summed E-state index contributed by atoms with van der Waals surface area (Å²) in [5, 5.41) is 15.0. The second-order valence-corrected chi connectivity index (χ2v) is 9.95. The third-order valence-electron chi connectivity index (χ3n) is 4.57. The number of rotatable bonds is 8. The predicted octanol–water partition coefficient (Wildman–Crippen LogP) is 2.03. The molecule has 9 nitrogen and oxygen atoms in total. The van der Waals surface area contributed by atoms with E-state index in [-0.39, 0.29) is 36.4 Å². The standard InChI is InChI=1S/C17H26N6O3S2/c1-10(28-27-4)5-11-6-14(26-13(11)8-24)23-15-12(7-19-23)16(25)21-17(20-15)18-9-22(2)3/h7,9-11,13-14,24H,5-6,8H2,1-4H3,(H,20,21,25)/t10-,11?,13+,14+/m0/s1. The number of nitrogens with zero attached hydrogens (tertiary/aromatic N) is 5. The van der Waals surface area contributed by atoms with Gasteiger partial charge >= 0.3 is 0 Å². The van der Waals surface area contributed by atoms with Crippen molar-refractivity contribution in [3.05, 3.63) is 16.6 Å². The summed E-state index contributed by atoms with van der Waals surface area (Å²) < 4.78 is 7.70. The molecular weight excluding hydrogens is 400 g/mol. The van der Waals surface area contributed by atoms with Crippen LogP contribution in [0, 0.1) is 5.92 Å². The van der Waals surface area contributed by atoms with E-state index in [2.05, 4.69) is 33.2 Å². The number of aliphatic imine (C=N–C) groups is 1. The molecule has 4 atom stereocenters. The zero-order chi connectivity index (χ0) is 20.3. The van der Waals surface area contributed by atoms with Crippen LogP contribution in [0.4, 0.5) is 5.95 Å². The second-order valence-electron chi connectivity index (χ2n) is 7.04. The smallest absolute Gasteiger partial charge is 0.263 e. The number of nitrogens with one attached hydrogen (secondary N) is 1. The number of aromatic nitrogens is 4. The zero-order valence-corrected chi connectivity index (χ0v) is 18.0. The van der Waals surface area contributed by atoms with Gasteiger partial charge in [0.05, 0.1) is 25.2 Å². The van der Waals surface area contributed by atoms with Crippen LogP contribution >= 0.6 is 21.6 Å². The lowest BCUT2D eigenvalue weighted by molar-refractivity contribution is -0.0345. The fourth-order valence-corrected chi connectivity index (χ4v) is 5.25. The molecule has 1 saturated heterocycles. The van der Waals surface area contributed by atoms with Crippen molar-refractivity contribution in [1.29, 1.82) is 0 Å². The van der Waals surface area contributed by atoms with Crippen LogP contribution in [0.1, 0.15) is 26.0 Å². The largest absolute Gasteiger partial charge is 0.394 e. The number of fused-ring (bicyclic) bond motifs is 1. The van der Waals surface area contributed by atoms with Crippen molar-refractivity contribution in [2.45, 2.75) is 37.3 Å². The van der Waals surface area contributed by atoms with Gasteiger partial charge in [0.2, 0.25) is 5.95 Å². The maximum Gasteiger partial charge on any atom is 0.263 e. The normalized spacial score (nSPS) is 23.7. The van der Waals surface area contributed by atoms with Crippen molar-refractivity contribution in [3.63, 3.8) is 0 Å². The molecule has 0 saturated carbocycles. The molecule has 11 heteroatoms. The average Bonchev–Trinajstić information content (AvgIpc) is 3.24. The van der Waals surface area contributed by atoms with Gasteiger partial charge in [-0.2, -0.15) is 10.1 Å². The first kappa shape index (κ1) is 21.2. The summed E-state index contributed by atoms with van der Waals surface area (Å²) >= 11 is 0. The van der Waals surface area contributed by atoms with Gasteiger partial charge in [0, 0.05) is 19.3 Å². The molecule has 0 bridgehead atoms. The van der Waals surface area contributed by atoms with Crippen LogP contribution in [0.25, 0.3) is 11.0 Å². The second kappa shape index (κ2) is 9.29. The first-order chi connectivity index (χ1) is 13.4. The Morgan fingerprint density at radius 3 is 3.04 bits per heavy atom. The van der Waals surface area contributed by atoms with E-state index in [1.807, 2.05) is 24.9 Å². The van der Waals surface area contributed by atoms with Crippen molar-refractivity contribution in [3.8, 4) is 0 Å². The minimum atomic E-state index is -0.369. The van der Waals surface area contributed by atoms with E-state index in [4.69, 9.17) is 4.74 Å². The quantitative estimate of drug-likeness (QED) is 0.375. The van der Waals surface area contributed by atoms with Crippen molar-refractivity contribution in [2.24, 2.45) is 10.9 Å². The van der Waals surface area contributed by atoms with Gasteiger partial charge in [0.25, 0.3) is 5.56 Å². The van der Waals surface area contributed by atoms with Gasteiger partial charge in [0.15, 0.2) is 11.9 Å². The minimum Gasteiger partial charge on any atom is -0.394 e. The summed E-state index contributed by atoms with van der Waals surface area (Å²) in [5.74, 6) is 0.434. The Kier molecular flexibility index (Phi) is 7.02. The van der Waals surface area contributed by atoms with Gasteiger partial charge < -0.3 is 14.7 Å². The summed E-state index contributed by atoms with van der Waals surface area (Å²) in [4.78, 5) is 25.4. The molecule has 2 aromatic heterocycles. The first-order valence-electron chi connectivity index (χ1n) is 9.06. The molecule has 3 heterocycles. The molecule has 2 N–H and O–H groups in total. The molecule has 28 heavy (non-hydrogen) atoms. The van der Waals surface area contributed by atoms with Gasteiger partial charge in [-0.15, -0.1) is 0 Å². The fourth-order valence-electron chi connectivity index (χ4n) is 3.37. The topological polar surface area (TPSA) is 109 Å². The molecule has 0 spiro atoms. The number of hydrogen-bond donors (Lipinski definition) is 2. The minimum absolute atomic E-state index is 0.0383. The highest BCUT2D eigenvalue weighted by atomic mass is 33.1. The third-order valence-corrected chi connectivity index (χ3v) is 6.85. The average molecular weight is 427 g/mol. The molecule has 0 amide bonds. The Morgan fingerprint density at radius 2 is 2.36 bits per heavy atom. The van der Waals surface area contributed by atoms with Gasteiger partial charge in [-0.3, -0.25) is 9.78 Å². The SMILES string of the molecule is CSS[C@@H](C)CC1C[C@H](n2ncc3c(=O)[nH]c(N=CN(C)C)nc32)O[C@@H]1CO. The Hall–Kier alpha value is -1.56. The summed E-state index contributed by atoms with van der Waals surface area (Å²) in [6.07, 6.45) is 6.17. The molecule has 1 aliphatic rings. The zero-order valence-electron chi connectivity index (χ0n) is 16.4. The molecule has 3 rings (SSSR count).